The first-order chi connectivity index (χ1) is 13.3. The first-order valence-corrected chi connectivity index (χ1v) is 13.4. The Hall–Kier alpha value is 0.290. The lowest BCUT2D eigenvalue weighted by Gasteiger charge is -2.03. The fraction of sp³-hybridized carbons (Fsp3) is 1.00. The van der Waals surface area contributed by atoms with Gasteiger partial charge in [0.15, 0.2) is 0 Å². The van der Waals surface area contributed by atoms with Crippen molar-refractivity contribution >= 4 is 11.6 Å². The second-order valence-corrected chi connectivity index (χ2v) is 8.78. The molecule has 0 N–H and O–H groups in total. The first-order valence-electron chi connectivity index (χ1n) is 12.9. The molecule has 27 heavy (non-hydrogen) atoms. The van der Waals surface area contributed by atoms with Crippen LogP contribution in [0.1, 0.15) is 162 Å². The largest absolute Gasteiger partial charge is 0.127 e. The van der Waals surface area contributed by atoms with Crippen LogP contribution in [0.5, 0.6) is 0 Å². The van der Waals surface area contributed by atoms with Crippen LogP contribution >= 0.6 is 11.6 Å². The molecular weight excluding hydrogens is 348 g/mol. The van der Waals surface area contributed by atoms with E-state index in [1.165, 1.54) is 141 Å². The quantitative estimate of drug-likeness (QED) is 0.132. The Balaban J connectivity index is 0. The number of rotatable bonds is 21. The second-order valence-electron chi connectivity index (χ2n) is 8.41. The van der Waals surface area contributed by atoms with Gasteiger partial charge in [-0.25, -0.2) is 0 Å². The van der Waals surface area contributed by atoms with Gasteiger partial charge in [-0.1, -0.05) is 156 Å². The third-order valence-corrected chi connectivity index (χ3v) is 5.71. The molecule has 0 fully saturated rings. The van der Waals surface area contributed by atoms with Crippen molar-refractivity contribution in [2.45, 2.75) is 162 Å². The maximum absolute atomic E-state index is 5.38. The van der Waals surface area contributed by atoms with Crippen LogP contribution in [0.2, 0.25) is 0 Å². The highest BCUT2D eigenvalue weighted by atomic mass is 35.5. The molecule has 0 bridgehead atoms. The molecular formula is C26H55Cl. The molecule has 0 saturated heterocycles. The minimum absolute atomic E-state index is 0.827. The van der Waals surface area contributed by atoms with Gasteiger partial charge >= 0.3 is 0 Å². The molecule has 0 aliphatic heterocycles. The third kappa shape index (κ3) is 34.2. The minimum Gasteiger partial charge on any atom is -0.127 e. The highest BCUT2D eigenvalue weighted by Crippen LogP contribution is 2.14. The number of halogens is 1. The minimum atomic E-state index is 0.827. The van der Waals surface area contributed by atoms with Crippen molar-refractivity contribution in [3.63, 3.8) is 0 Å². The Morgan fingerprint density at radius 2 is 0.481 bits per heavy atom. The standard InChI is InChI=1S/C21H44.C5H11Cl/c1-3-5-7-9-11-13-15-17-19-21-20-18-16-14-12-10-8-6-4-2;1-2-3-4-5-6/h3-21H2,1-2H3;2-5H2,1H3. The van der Waals surface area contributed by atoms with Gasteiger partial charge in [0, 0.05) is 5.88 Å². The first kappa shape index (κ1) is 29.5. The average molecular weight is 403 g/mol. The molecule has 0 spiro atoms. The van der Waals surface area contributed by atoms with E-state index in [2.05, 4.69) is 20.8 Å². The maximum Gasteiger partial charge on any atom is 0.0223 e. The Labute approximate surface area is 179 Å². The van der Waals surface area contributed by atoms with E-state index in [-0.39, 0.29) is 0 Å². The fourth-order valence-corrected chi connectivity index (χ4v) is 3.69. The molecule has 0 unspecified atom stereocenters. The highest BCUT2D eigenvalue weighted by molar-refractivity contribution is 6.17. The van der Waals surface area contributed by atoms with Crippen LogP contribution in [-0.4, -0.2) is 5.88 Å². The van der Waals surface area contributed by atoms with Crippen molar-refractivity contribution in [1.29, 1.82) is 0 Å². The fourth-order valence-electron chi connectivity index (χ4n) is 3.50. The van der Waals surface area contributed by atoms with Crippen LogP contribution in [0.4, 0.5) is 0 Å². The summed E-state index contributed by atoms with van der Waals surface area (Å²) in [5.41, 5.74) is 0. The van der Waals surface area contributed by atoms with Gasteiger partial charge in [-0.2, -0.15) is 0 Å². The van der Waals surface area contributed by atoms with Gasteiger partial charge in [0.25, 0.3) is 0 Å². The molecule has 0 rings (SSSR count). The summed E-state index contributed by atoms with van der Waals surface area (Å²) >= 11 is 5.38. The van der Waals surface area contributed by atoms with Gasteiger partial charge < -0.3 is 0 Å². The molecule has 1 heteroatoms. The van der Waals surface area contributed by atoms with E-state index in [0.717, 1.165) is 5.88 Å². The van der Waals surface area contributed by atoms with E-state index < -0.39 is 0 Å². The van der Waals surface area contributed by atoms with Crippen molar-refractivity contribution < 1.29 is 0 Å². The third-order valence-electron chi connectivity index (χ3n) is 5.44. The molecule has 0 nitrogen and oxygen atoms in total. The van der Waals surface area contributed by atoms with Gasteiger partial charge in [-0.05, 0) is 6.42 Å². The van der Waals surface area contributed by atoms with Crippen LogP contribution in [0.15, 0.2) is 0 Å². The molecule has 0 radical (unpaired) electrons. The summed E-state index contributed by atoms with van der Waals surface area (Å²) in [6.45, 7) is 6.77. The summed E-state index contributed by atoms with van der Waals surface area (Å²) in [6.07, 6.45) is 31.6. The monoisotopic (exact) mass is 402 g/mol. The number of alkyl halides is 1. The molecule has 0 heterocycles. The second kappa shape index (κ2) is 31.0. The van der Waals surface area contributed by atoms with E-state index >= 15 is 0 Å². The lowest BCUT2D eigenvalue weighted by Crippen LogP contribution is -1.83. The van der Waals surface area contributed by atoms with Crippen LogP contribution in [0.25, 0.3) is 0 Å². The van der Waals surface area contributed by atoms with Gasteiger partial charge in [-0.3, -0.25) is 0 Å². The smallest absolute Gasteiger partial charge is 0.0223 e. The SMILES string of the molecule is CCCCCCCCCCCCCCCCCCCCC.CCCCCCl. The van der Waals surface area contributed by atoms with Gasteiger partial charge in [0.05, 0.1) is 0 Å². The van der Waals surface area contributed by atoms with Gasteiger partial charge in [-0.15, -0.1) is 11.6 Å². The van der Waals surface area contributed by atoms with E-state index in [0.29, 0.717) is 0 Å². The Kier molecular flexibility index (Phi) is 33.9. The molecule has 0 saturated carbocycles. The van der Waals surface area contributed by atoms with E-state index in [4.69, 9.17) is 11.6 Å². The van der Waals surface area contributed by atoms with Crippen LogP contribution in [0.3, 0.4) is 0 Å². The van der Waals surface area contributed by atoms with Crippen molar-refractivity contribution in [2.24, 2.45) is 0 Å². The molecule has 0 amide bonds. The predicted octanol–water partition coefficient (Wildman–Crippen LogP) is 10.9. The predicted molar refractivity (Wildman–Crippen MR) is 129 cm³/mol. The molecule has 166 valence electrons. The summed E-state index contributed by atoms with van der Waals surface area (Å²) < 4.78 is 0. The lowest BCUT2D eigenvalue weighted by molar-refractivity contribution is 0.524. The maximum atomic E-state index is 5.38. The highest BCUT2D eigenvalue weighted by Gasteiger charge is 1.94. The van der Waals surface area contributed by atoms with Crippen molar-refractivity contribution in [1.82, 2.24) is 0 Å². The molecule has 0 aliphatic carbocycles. The van der Waals surface area contributed by atoms with Crippen molar-refractivity contribution in [3.05, 3.63) is 0 Å². The van der Waals surface area contributed by atoms with E-state index in [9.17, 15) is 0 Å². The van der Waals surface area contributed by atoms with Crippen molar-refractivity contribution in [2.75, 3.05) is 5.88 Å². The average Bonchev–Trinajstić information content (AvgIpc) is 2.69. The molecule has 0 aromatic carbocycles. The van der Waals surface area contributed by atoms with Crippen LogP contribution in [0, 0.1) is 0 Å². The zero-order valence-electron chi connectivity index (χ0n) is 19.6. The van der Waals surface area contributed by atoms with Crippen LogP contribution < -0.4 is 0 Å². The van der Waals surface area contributed by atoms with Crippen molar-refractivity contribution in [3.8, 4) is 0 Å². The summed E-state index contributed by atoms with van der Waals surface area (Å²) in [5.74, 6) is 0.827. The summed E-state index contributed by atoms with van der Waals surface area (Å²) in [4.78, 5) is 0. The van der Waals surface area contributed by atoms with Crippen LogP contribution in [-0.2, 0) is 0 Å². The zero-order chi connectivity index (χ0) is 20.3. The summed E-state index contributed by atoms with van der Waals surface area (Å²) in [7, 11) is 0. The zero-order valence-corrected chi connectivity index (χ0v) is 20.4. The topological polar surface area (TPSA) is 0 Å². The van der Waals surface area contributed by atoms with Gasteiger partial charge in [0.1, 0.15) is 0 Å². The van der Waals surface area contributed by atoms with E-state index in [1.807, 2.05) is 0 Å². The van der Waals surface area contributed by atoms with E-state index in [1.54, 1.807) is 0 Å². The summed E-state index contributed by atoms with van der Waals surface area (Å²) in [5, 5.41) is 0. The molecule has 0 aromatic rings. The molecule has 0 aliphatic rings. The number of hydrogen-bond acceptors (Lipinski definition) is 0. The number of hydrogen-bond donors (Lipinski definition) is 0. The normalized spacial score (nSPS) is 10.7. The molecule has 0 atom stereocenters. The lowest BCUT2D eigenvalue weighted by atomic mass is 10.0. The summed E-state index contributed by atoms with van der Waals surface area (Å²) in [6, 6.07) is 0. The Morgan fingerprint density at radius 1 is 0.296 bits per heavy atom. The number of unbranched alkanes of at least 4 members (excludes halogenated alkanes) is 20. The Morgan fingerprint density at radius 3 is 0.630 bits per heavy atom. The molecule has 0 aromatic heterocycles. The Bertz CT molecular complexity index is 192. The van der Waals surface area contributed by atoms with Gasteiger partial charge in [0.2, 0.25) is 0 Å².